The molecule has 2 aliphatic carbocycles. The van der Waals surface area contributed by atoms with Crippen LogP contribution in [0.2, 0.25) is 0 Å². The van der Waals surface area contributed by atoms with Gasteiger partial charge in [0.05, 0.1) is 12.5 Å². The van der Waals surface area contributed by atoms with Crippen LogP contribution < -0.4 is 10.1 Å². The van der Waals surface area contributed by atoms with E-state index in [0.717, 1.165) is 44.0 Å². The van der Waals surface area contributed by atoms with Crippen LogP contribution in [-0.4, -0.2) is 43.1 Å². The van der Waals surface area contributed by atoms with Crippen LogP contribution in [0.25, 0.3) is 0 Å². The number of amides is 1. The minimum absolute atomic E-state index is 0. The molecule has 2 saturated carbocycles. The first-order valence-corrected chi connectivity index (χ1v) is 10.8. The van der Waals surface area contributed by atoms with Gasteiger partial charge in [-0.3, -0.25) is 4.79 Å². The number of hydrogen-bond donors (Lipinski definition) is 1. The third-order valence-corrected chi connectivity index (χ3v) is 7.87. The Morgan fingerprint density at radius 1 is 1.21 bits per heavy atom. The molecule has 1 aromatic rings. The van der Waals surface area contributed by atoms with Gasteiger partial charge < -0.3 is 15.0 Å². The molecular weight excluding hydrogens is 372 g/mol. The van der Waals surface area contributed by atoms with E-state index in [1.54, 1.807) is 7.11 Å². The molecule has 4 bridgehead atoms. The summed E-state index contributed by atoms with van der Waals surface area (Å²) in [6.07, 6.45) is 9.41. The molecule has 1 aromatic carbocycles. The summed E-state index contributed by atoms with van der Waals surface area (Å²) in [5.74, 6) is 2.67. The molecule has 0 aromatic heterocycles. The summed E-state index contributed by atoms with van der Waals surface area (Å²) in [6, 6.07) is 9.50. The number of benzene rings is 1. The number of carbonyl (C=O) groups excluding carboxylic acids is 1. The Labute approximate surface area is 174 Å². The summed E-state index contributed by atoms with van der Waals surface area (Å²) in [4.78, 5) is 16.2. The van der Waals surface area contributed by atoms with Crippen molar-refractivity contribution in [1.29, 1.82) is 0 Å². The monoisotopic (exact) mass is 404 g/mol. The molecule has 2 saturated heterocycles. The maximum atomic E-state index is 14.0. The van der Waals surface area contributed by atoms with E-state index in [2.05, 4.69) is 28.4 Å². The molecule has 2 aliphatic heterocycles. The van der Waals surface area contributed by atoms with Crippen LogP contribution in [0.1, 0.15) is 50.5 Å². The minimum Gasteiger partial charge on any atom is -0.497 e. The van der Waals surface area contributed by atoms with Crippen molar-refractivity contribution in [3.05, 3.63) is 29.8 Å². The lowest BCUT2D eigenvalue weighted by molar-refractivity contribution is -0.146. The third kappa shape index (κ3) is 3.43. The molecule has 154 valence electrons. The maximum Gasteiger partial charge on any atom is 0.229 e. The van der Waals surface area contributed by atoms with E-state index in [1.807, 2.05) is 6.07 Å². The smallest absolute Gasteiger partial charge is 0.229 e. The van der Waals surface area contributed by atoms with Crippen molar-refractivity contribution in [2.75, 3.05) is 20.2 Å². The minimum atomic E-state index is -0.182. The second kappa shape index (κ2) is 7.87. The largest absolute Gasteiger partial charge is 0.497 e. The predicted octanol–water partition coefficient (Wildman–Crippen LogP) is 3.82. The Morgan fingerprint density at radius 3 is 2.82 bits per heavy atom. The van der Waals surface area contributed by atoms with Gasteiger partial charge in [-0.1, -0.05) is 18.6 Å². The van der Waals surface area contributed by atoms with Gasteiger partial charge in [-0.2, -0.15) is 0 Å². The fraction of sp³-hybridized carbons (Fsp3) is 0.696. The average Bonchev–Trinajstić information content (AvgIpc) is 3.36. The van der Waals surface area contributed by atoms with Crippen LogP contribution in [0.15, 0.2) is 24.3 Å². The molecule has 5 rings (SSSR count). The summed E-state index contributed by atoms with van der Waals surface area (Å²) in [5.41, 5.74) is 1.07. The zero-order valence-corrected chi connectivity index (χ0v) is 17.7. The molecule has 5 atom stereocenters. The van der Waals surface area contributed by atoms with Gasteiger partial charge in [0.15, 0.2) is 0 Å². The van der Waals surface area contributed by atoms with E-state index in [-0.39, 0.29) is 17.8 Å². The number of methoxy groups -OCH3 is 1. The number of nitrogens with zero attached hydrogens (tertiary/aromatic N) is 1. The van der Waals surface area contributed by atoms with Gasteiger partial charge in [0.2, 0.25) is 5.91 Å². The summed E-state index contributed by atoms with van der Waals surface area (Å²) in [5, 5.41) is 3.73. The first-order chi connectivity index (χ1) is 13.2. The number of fused-ring (bicyclic) bond motifs is 4. The van der Waals surface area contributed by atoms with Gasteiger partial charge in [-0.25, -0.2) is 0 Å². The number of likely N-dealkylation sites (tertiary alicyclic amines) is 1. The van der Waals surface area contributed by atoms with E-state index < -0.39 is 0 Å². The predicted molar refractivity (Wildman–Crippen MR) is 113 cm³/mol. The van der Waals surface area contributed by atoms with E-state index in [9.17, 15) is 4.79 Å². The number of hydrogen-bond acceptors (Lipinski definition) is 3. The molecule has 0 radical (unpaired) electrons. The number of halogens is 1. The van der Waals surface area contributed by atoms with Gasteiger partial charge >= 0.3 is 0 Å². The van der Waals surface area contributed by atoms with E-state index in [1.165, 1.54) is 37.7 Å². The maximum absolute atomic E-state index is 14.0. The molecule has 5 heteroatoms. The topological polar surface area (TPSA) is 41.6 Å². The lowest BCUT2D eigenvalue weighted by atomic mass is 9.68. The fourth-order valence-corrected chi connectivity index (χ4v) is 6.59. The summed E-state index contributed by atoms with van der Waals surface area (Å²) in [7, 11) is 1.72. The molecule has 28 heavy (non-hydrogen) atoms. The lowest BCUT2D eigenvalue weighted by Gasteiger charge is -2.41. The molecule has 1 amide bonds. The lowest BCUT2D eigenvalue weighted by Crippen LogP contribution is -2.50. The van der Waals surface area contributed by atoms with Crippen molar-refractivity contribution in [1.82, 2.24) is 10.2 Å². The van der Waals surface area contributed by atoms with E-state index in [0.29, 0.717) is 23.9 Å². The highest BCUT2D eigenvalue weighted by molar-refractivity contribution is 5.85. The standard InChI is InChI=1S/C23H32N2O2.ClH/c1-27-21-4-2-3-16(12-21)13-23(14-17-5-6-18(23)11-17)22(26)25-10-9-19-7-8-20(15-25)24-19;/h2-4,12,17-20,24H,5-11,13-15H2,1H3;1H. The van der Waals surface area contributed by atoms with Crippen molar-refractivity contribution in [2.24, 2.45) is 17.3 Å². The van der Waals surface area contributed by atoms with Crippen molar-refractivity contribution in [2.45, 2.75) is 63.5 Å². The zero-order chi connectivity index (χ0) is 18.4. The summed E-state index contributed by atoms with van der Waals surface area (Å²) in [6.45, 7) is 1.84. The molecule has 4 fully saturated rings. The van der Waals surface area contributed by atoms with Crippen molar-refractivity contribution in [3.8, 4) is 5.75 Å². The van der Waals surface area contributed by atoms with E-state index in [4.69, 9.17) is 4.74 Å². The van der Waals surface area contributed by atoms with Crippen molar-refractivity contribution in [3.63, 3.8) is 0 Å². The fourth-order valence-electron chi connectivity index (χ4n) is 6.59. The van der Waals surface area contributed by atoms with Crippen LogP contribution in [0.5, 0.6) is 5.75 Å². The van der Waals surface area contributed by atoms with Crippen LogP contribution in [0.4, 0.5) is 0 Å². The molecule has 4 aliphatic rings. The summed E-state index contributed by atoms with van der Waals surface area (Å²) >= 11 is 0. The van der Waals surface area contributed by atoms with Gasteiger partial charge in [0.25, 0.3) is 0 Å². The van der Waals surface area contributed by atoms with E-state index >= 15 is 0 Å². The van der Waals surface area contributed by atoms with Gasteiger partial charge in [0.1, 0.15) is 5.75 Å². The van der Waals surface area contributed by atoms with Crippen molar-refractivity contribution < 1.29 is 9.53 Å². The van der Waals surface area contributed by atoms with Crippen LogP contribution >= 0.6 is 12.4 Å². The van der Waals surface area contributed by atoms with Crippen LogP contribution in [-0.2, 0) is 11.2 Å². The Morgan fingerprint density at radius 2 is 2.07 bits per heavy atom. The molecule has 5 unspecified atom stereocenters. The second-order valence-electron chi connectivity index (χ2n) is 9.44. The Balaban J connectivity index is 0.00000192. The molecule has 2 heterocycles. The first-order valence-electron chi connectivity index (χ1n) is 10.8. The third-order valence-electron chi connectivity index (χ3n) is 7.87. The number of rotatable bonds is 4. The first kappa shape index (κ1) is 20.0. The average molecular weight is 405 g/mol. The zero-order valence-electron chi connectivity index (χ0n) is 16.9. The van der Waals surface area contributed by atoms with Gasteiger partial charge in [-0.05, 0) is 74.5 Å². The van der Waals surface area contributed by atoms with Gasteiger partial charge in [0, 0.05) is 25.2 Å². The number of ether oxygens (including phenoxy) is 1. The molecular formula is C23H33ClN2O2. The Kier molecular flexibility index (Phi) is 5.63. The number of nitrogens with one attached hydrogen (secondary N) is 1. The second-order valence-corrected chi connectivity index (χ2v) is 9.44. The highest BCUT2D eigenvalue weighted by atomic mass is 35.5. The van der Waals surface area contributed by atoms with Gasteiger partial charge in [-0.15, -0.1) is 12.4 Å². The summed E-state index contributed by atoms with van der Waals surface area (Å²) < 4.78 is 5.44. The highest BCUT2D eigenvalue weighted by Gasteiger charge is 2.56. The Hall–Kier alpha value is -1.26. The highest BCUT2D eigenvalue weighted by Crippen LogP contribution is 2.58. The Bertz CT molecular complexity index is 726. The molecule has 4 nitrogen and oxygen atoms in total. The van der Waals surface area contributed by atoms with Crippen LogP contribution in [0.3, 0.4) is 0 Å². The quantitative estimate of drug-likeness (QED) is 0.829. The van der Waals surface area contributed by atoms with Crippen molar-refractivity contribution >= 4 is 18.3 Å². The SMILES string of the molecule is COc1cccc(CC2(C(=O)N3CCC4CCC(C3)N4)CC3CCC2C3)c1.Cl. The normalized spacial score (nSPS) is 36.1. The van der Waals surface area contributed by atoms with Crippen LogP contribution in [0, 0.1) is 17.3 Å². The molecule has 1 N–H and O–H groups in total. The molecule has 0 spiro atoms. The number of carbonyl (C=O) groups is 1.